The number of hydrogen-bond donors (Lipinski definition) is 4. The standard InChI is InChI=1S/C31H38F4N2O3.C16H21F3O3.C15H19FN2O/c1-7-8-9-27(22-10-15-26(31(33,34)35)25(18-22)28(38)40-20(4)5)37-21(6)36-30(29(37)39,17-16-19(2)3)23-11-13-24(32)14-12-23;1-4-5-6-14(20)11-7-8-13(16(17,18)19)12(9-11)15(21)22-10(2)3;1-10(2)8-9-15(14(19)17-11(3)18-15)12-4-6-13(16)7-5-12/h10-15,18-20,27,36H,6-9,16-17H2,1-5H3;7-10,14,20H,4-6H2,1-3H3;4-7,10,18H,3,8-9H2,1-2H3,(H,17,19)/t27?,30-;;15-/m1.1/s1. The SMILES string of the molecule is C=C1NC(=O)[C@@](CCC(C)C)(c2ccc(F)cc2)N1.C=C1N[C@](CCC(C)C)(c2ccc(F)cc2)C(=O)N1C(CCCC)c1ccc(C(F)(F)F)c(C(=O)OC(C)C)c1.CCCCC(O)c1ccc(C(F)(F)F)c(C(=O)OC(C)C)c1. The van der Waals surface area contributed by atoms with Gasteiger partial charge in [-0.3, -0.25) is 14.5 Å². The van der Waals surface area contributed by atoms with Crippen molar-refractivity contribution in [3.05, 3.63) is 166 Å². The molecule has 2 heterocycles. The van der Waals surface area contributed by atoms with Crippen LogP contribution in [-0.2, 0) is 42.5 Å². The highest BCUT2D eigenvalue weighted by Gasteiger charge is 2.52. The van der Waals surface area contributed by atoms with Gasteiger partial charge in [-0.05, 0) is 149 Å². The van der Waals surface area contributed by atoms with Crippen molar-refractivity contribution in [2.24, 2.45) is 11.8 Å². The molecule has 2 saturated heterocycles. The molecule has 2 amide bonds. The molecular formula is C62H78F8N4O7. The van der Waals surface area contributed by atoms with E-state index in [-0.39, 0.29) is 29.1 Å². The Labute approximate surface area is 470 Å². The topological polar surface area (TPSA) is 146 Å². The van der Waals surface area contributed by atoms with Crippen LogP contribution in [0.2, 0.25) is 0 Å². The first-order valence-electron chi connectivity index (χ1n) is 27.4. The summed E-state index contributed by atoms with van der Waals surface area (Å²) in [6.45, 7) is 26.3. The van der Waals surface area contributed by atoms with Crippen molar-refractivity contribution in [1.29, 1.82) is 0 Å². The van der Waals surface area contributed by atoms with Crippen molar-refractivity contribution in [3.8, 4) is 0 Å². The van der Waals surface area contributed by atoms with Gasteiger partial charge in [-0.25, -0.2) is 18.4 Å². The molecule has 0 aromatic heterocycles. The number of aliphatic hydroxyl groups is 1. The van der Waals surface area contributed by atoms with Crippen molar-refractivity contribution < 1.29 is 68.9 Å². The number of hydrogen-bond acceptors (Lipinski definition) is 9. The molecule has 4 aromatic carbocycles. The van der Waals surface area contributed by atoms with E-state index in [4.69, 9.17) is 9.47 Å². The van der Waals surface area contributed by atoms with E-state index in [0.717, 1.165) is 49.4 Å². The number of rotatable bonds is 21. The van der Waals surface area contributed by atoms with E-state index in [0.29, 0.717) is 67.2 Å². The maximum Gasteiger partial charge on any atom is 0.417 e. The van der Waals surface area contributed by atoms with Gasteiger partial charge < -0.3 is 30.5 Å². The molecule has 444 valence electrons. The first-order chi connectivity index (χ1) is 37.8. The molecule has 2 fully saturated rings. The Morgan fingerprint density at radius 1 is 0.605 bits per heavy atom. The van der Waals surface area contributed by atoms with E-state index >= 15 is 0 Å². The van der Waals surface area contributed by atoms with Gasteiger partial charge in [0.05, 0.1) is 52.4 Å². The Hall–Kier alpha value is -6.76. The van der Waals surface area contributed by atoms with Crippen LogP contribution in [0.5, 0.6) is 0 Å². The molecule has 4 atom stereocenters. The second-order valence-electron chi connectivity index (χ2n) is 21.8. The van der Waals surface area contributed by atoms with Crippen LogP contribution in [-0.4, -0.2) is 46.0 Å². The Kier molecular flexibility index (Phi) is 23.7. The number of amides is 2. The van der Waals surface area contributed by atoms with Crippen LogP contribution in [0.4, 0.5) is 35.1 Å². The highest BCUT2D eigenvalue weighted by atomic mass is 19.4. The van der Waals surface area contributed by atoms with Gasteiger partial charge in [-0.2, -0.15) is 26.3 Å². The molecule has 2 aliphatic heterocycles. The summed E-state index contributed by atoms with van der Waals surface area (Å²) in [5, 5.41) is 19.1. The number of nitrogens with one attached hydrogen (secondary N) is 3. The van der Waals surface area contributed by atoms with Crippen LogP contribution in [0.15, 0.2) is 110 Å². The molecule has 81 heavy (non-hydrogen) atoms. The molecule has 6 rings (SSSR count). The Bertz CT molecular complexity index is 2800. The zero-order valence-corrected chi connectivity index (χ0v) is 47.9. The largest absolute Gasteiger partial charge is 0.459 e. The third-order valence-corrected chi connectivity index (χ3v) is 13.7. The zero-order chi connectivity index (χ0) is 60.8. The second kappa shape index (κ2) is 28.8. The van der Waals surface area contributed by atoms with Crippen LogP contribution < -0.4 is 16.0 Å². The fourth-order valence-corrected chi connectivity index (χ4v) is 9.45. The quantitative estimate of drug-likeness (QED) is 0.0473. The van der Waals surface area contributed by atoms with Gasteiger partial charge in [-0.1, -0.05) is 117 Å². The van der Waals surface area contributed by atoms with Crippen molar-refractivity contribution in [3.63, 3.8) is 0 Å². The van der Waals surface area contributed by atoms with Gasteiger partial charge in [0.25, 0.3) is 11.8 Å². The van der Waals surface area contributed by atoms with Crippen molar-refractivity contribution >= 4 is 23.8 Å². The summed E-state index contributed by atoms with van der Waals surface area (Å²) in [5.41, 5.74) is -3.35. The number of nitrogens with zero attached hydrogens (tertiary/aromatic N) is 1. The number of carbonyl (C=O) groups is 4. The fraction of sp³-hybridized carbons (Fsp3) is 0.484. The maximum atomic E-state index is 14.3. The number of esters is 2. The third-order valence-electron chi connectivity index (χ3n) is 13.7. The Morgan fingerprint density at radius 2 is 1.02 bits per heavy atom. The van der Waals surface area contributed by atoms with Crippen LogP contribution in [0.1, 0.15) is 200 Å². The molecule has 2 unspecified atom stereocenters. The molecule has 4 N–H and O–H groups in total. The number of carbonyl (C=O) groups excluding carboxylic acids is 4. The number of halogens is 8. The van der Waals surface area contributed by atoms with E-state index in [2.05, 4.69) is 43.0 Å². The minimum absolute atomic E-state index is 0.121. The Balaban J connectivity index is 0.000000289. The number of benzene rings is 4. The average Bonchev–Trinajstić information content (AvgIpc) is 4.06. The molecule has 19 heteroatoms. The number of unbranched alkanes of at least 4 members (excludes halogenated alkanes) is 2. The highest BCUT2D eigenvalue weighted by molar-refractivity contribution is 5.94. The maximum absolute atomic E-state index is 14.3. The van der Waals surface area contributed by atoms with Gasteiger partial charge in [0.2, 0.25) is 0 Å². The first-order valence-corrected chi connectivity index (χ1v) is 27.4. The molecule has 11 nitrogen and oxygen atoms in total. The predicted octanol–water partition coefficient (Wildman–Crippen LogP) is 15.0. The molecule has 0 saturated carbocycles. The normalized spacial score (nSPS) is 18.0. The highest BCUT2D eigenvalue weighted by Crippen LogP contribution is 2.44. The van der Waals surface area contributed by atoms with E-state index in [1.807, 2.05) is 27.7 Å². The van der Waals surface area contributed by atoms with E-state index in [1.165, 1.54) is 47.4 Å². The summed E-state index contributed by atoms with van der Waals surface area (Å²) in [6.07, 6.45) is -4.92. The number of ether oxygens (including phenoxy) is 2. The molecule has 4 aromatic rings. The molecule has 0 bridgehead atoms. The van der Waals surface area contributed by atoms with E-state index in [9.17, 15) is 59.4 Å². The minimum atomic E-state index is -4.77. The van der Waals surface area contributed by atoms with E-state index in [1.54, 1.807) is 52.0 Å². The summed E-state index contributed by atoms with van der Waals surface area (Å²) >= 11 is 0. The lowest BCUT2D eigenvalue weighted by atomic mass is 9.83. The van der Waals surface area contributed by atoms with Gasteiger partial charge in [0, 0.05) is 0 Å². The van der Waals surface area contributed by atoms with Crippen molar-refractivity contribution in [2.45, 2.75) is 181 Å². The Morgan fingerprint density at radius 3 is 1.43 bits per heavy atom. The van der Waals surface area contributed by atoms with Crippen LogP contribution in [0, 0.1) is 23.5 Å². The summed E-state index contributed by atoms with van der Waals surface area (Å²) < 4.78 is 117. The van der Waals surface area contributed by atoms with Crippen molar-refractivity contribution in [1.82, 2.24) is 20.9 Å². The van der Waals surface area contributed by atoms with Crippen LogP contribution in [0.3, 0.4) is 0 Å². The molecular weight excluding hydrogens is 1060 g/mol. The summed E-state index contributed by atoms with van der Waals surface area (Å²) in [5.74, 6) is -1.75. The summed E-state index contributed by atoms with van der Waals surface area (Å²) in [7, 11) is 0. The molecule has 0 aliphatic carbocycles. The monoisotopic (exact) mass is 1140 g/mol. The van der Waals surface area contributed by atoms with Gasteiger partial charge in [0.1, 0.15) is 28.5 Å². The predicted molar refractivity (Wildman–Crippen MR) is 295 cm³/mol. The molecule has 2 aliphatic rings. The van der Waals surface area contributed by atoms with Gasteiger partial charge in [0.15, 0.2) is 0 Å². The van der Waals surface area contributed by atoms with Gasteiger partial charge in [-0.15, -0.1) is 0 Å². The second-order valence-corrected chi connectivity index (χ2v) is 21.8. The van der Waals surface area contributed by atoms with Crippen LogP contribution >= 0.6 is 0 Å². The lowest BCUT2D eigenvalue weighted by molar-refractivity contribution is -0.139. The van der Waals surface area contributed by atoms with Crippen molar-refractivity contribution in [2.75, 3.05) is 0 Å². The summed E-state index contributed by atoms with van der Waals surface area (Å²) in [6, 6.07) is 17.6. The van der Waals surface area contributed by atoms with E-state index < -0.39 is 87.8 Å². The minimum Gasteiger partial charge on any atom is -0.459 e. The first kappa shape index (κ1) is 66.7. The zero-order valence-electron chi connectivity index (χ0n) is 47.9. The lowest BCUT2D eigenvalue weighted by Gasteiger charge is -2.32. The molecule has 0 spiro atoms. The number of aliphatic hydroxyl groups excluding tert-OH is 1. The smallest absolute Gasteiger partial charge is 0.417 e. The third kappa shape index (κ3) is 17.6. The average molecular weight is 1140 g/mol. The number of alkyl halides is 6. The summed E-state index contributed by atoms with van der Waals surface area (Å²) in [4.78, 5) is 52.8. The van der Waals surface area contributed by atoms with Gasteiger partial charge >= 0.3 is 24.3 Å². The molecule has 0 radical (unpaired) electrons. The van der Waals surface area contributed by atoms with Crippen LogP contribution in [0.25, 0.3) is 0 Å². The lowest BCUT2D eigenvalue weighted by Crippen LogP contribution is -2.44. The fourth-order valence-electron chi connectivity index (χ4n) is 9.45.